The number of hydrogen-bond donors (Lipinski definition) is 1. The minimum Gasteiger partial charge on any atom is -0.310 e. The van der Waals surface area contributed by atoms with Crippen LogP contribution in [0.2, 0.25) is 0 Å². The quantitative estimate of drug-likeness (QED) is 0.768. The molecule has 0 aliphatic heterocycles. The summed E-state index contributed by atoms with van der Waals surface area (Å²) in [6.45, 7) is 2.98. The zero-order valence-corrected chi connectivity index (χ0v) is 10.9. The van der Waals surface area contributed by atoms with Crippen molar-refractivity contribution in [3.8, 4) is 0 Å². The van der Waals surface area contributed by atoms with Gasteiger partial charge in [-0.15, -0.1) is 0 Å². The third-order valence-electron chi connectivity index (χ3n) is 3.49. The van der Waals surface area contributed by atoms with E-state index in [-0.39, 0.29) is 6.04 Å². The van der Waals surface area contributed by atoms with Crippen LogP contribution in [0.3, 0.4) is 0 Å². The summed E-state index contributed by atoms with van der Waals surface area (Å²) in [5.41, 5.74) is 0.738. The molecule has 1 aromatic rings. The van der Waals surface area contributed by atoms with Gasteiger partial charge >= 0.3 is 0 Å². The van der Waals surface area contributed by atoms with E-state index in [0.29, 0.717) is 0 Å². The Labute approximate surface area is 108 Å². The maximum atomic E-state index is 13.3. The van der Waals surface area contributed by atoms with Gasteiger partial charge in [-0.1, -0.05) is 19.8 Å². The summed E-state index contributed by atoms with van der Waals surface area (Å²) in [6.07, 6.45) is 5.78. The molecule has 1 aromatic carbocycles. The smallest absolute Gasteiger partial charge is 0.126 e. The Morgan fingerprint density at radius 3 is 2.44 bits per heavy atom. The van der Waals surface area contributed by atoms with E-state index in [0.717, 1.165) is 43.4 Å². The first-order chi connectivity index (χ1) is 8.69. The first kappa shape index (κ1) is 13.5. The van der Waals surface area contributed by atoms with Crippen LogP contribution in [-0.4, -0.2) is 6.54 Å². The average molecular weight is 253 g/mol. The highest BCUT2D eigenvalue weighted by Gasteiger charge is 2.23. The van der Waals surface area contributed by atoms with Crippen LogP contribution in [-0.2, 0) is 0 Å². The number of hydrogen-bond acceptors (Lipinski definition) is 1. The topological polar surface area (TPSA) is 12.0 Å². The molecule has 0 radical (unpaired) electrons. The SMILES string of the molecule is CCCNC(CCC1CC1)c1cc(F)cc(F)c1. The van der Waals surface area contributed by atoms with Crippen molar-refractivity contribution in [2.24, 2.45) is 5.92 Å². The van der Waals surface area contributed by atoms with Crippen LogP contribution in [0.25, 0.3) is 0 Å². The minimum absolute atomic E-state index is 0.0794. The van der Waals surface area contributed by atoms with Gasteiger partial charge in [-0.2, -0.15) is 0 Å². The van der Waals surface area contributed by atoms with Crippen LogP contribution in [0, 0.1) is 17.6 Å². The first-order valence-corrected chi connectivity index (χ1v) is 6.88. The van der Waals surface area contributed by atoms with Gasteiger partial charge in [0, 0.05) is 12.1 Å². The van der Waals surface area contributed by atoms with Crippen LogP contribution in [0.4, 0.5) is 8.78 Å². The zero-order chi connectivity index (χ0) is 13.0. The molecule has 0 bridgehead atoms. The highest BCUT2D eigenvalue weighted by molar-refractivity contribution is 5.21. The van der Waals surface area contributed by atoms with Crippen molar-refractivity contribution in [3.05, 3.63) is 35.4 Å². The number of benzene rings is 1. The van der Waals surface area contributed by atoms with Crippen molar-refractivity contribution in [2.45, 2.75) is 45.1 Å². The summed E-state index contributed by atoms with van der Waals surface area (Å²) in [4.78, 5) is 0. The predicted molar refractivity (Wildman–Crippen MR) is 69.4 cm³/mol. The molecule has 1 aliphatic rings. The van der Waals surface area contributed by atoms with Crippen LogP contribution < -0.4 is 5.32 Å². The van der Waals surface area contributed by atoms with Crippen molar-refractivity contribution in [1.29, 1.82) is 0 Å². The second-order valence-electron chi connectivity index (χ2n) is 5.23. The van der Waals surface area contributed by atoms with Crippen molar-refractivity contribution < 1.29 is 8.78 Å². The molecule has 1 unspecified atom stereocenters. The maximum absolute atomic E-state index is 13.3. The number of nitrogens with one attached hydrogen (secondary N) is 1. The summed E-state index contributed by atoms with van der Waals surface area (Å²) in [5.74, 6) is -0.131. The fraction of sp³-hybridized carbons (Fsp3) is 0.600. The zero-order valence-electron chi connectivity index (χ0n) is 10.9. The van der Waals surface area contributed by atoms with E-state index in [9.17, 15) is 8.78 Å². The van der Waals surface area contributed by atoms with Gasteiger partial charge in [0.15, 0.2) is 0 Å². The molecule has 1 aliphatic carbocycles. The number of halogens is 2. The molecule has 18 heavy (non-hydrogen) atoms. The van der Waals surface area contributed by atoms with Crippen LogP contribution in [0.1, 0.15) is 50.6 Å². The summed E-state index contributed by atoms with van der Waals surface area (Å²) in [5, 5.41) is 3.39. The molecule has 1 nitrogen and oxygen atoms in total. The van der Waals surface area contributed by atoms with E-state index in [1.165, 1.54) is 25.0 Å². The van der Waals surface area contributed by atoms with Gasteiger partial charge in [0.1, 0.15) is 11.6 Å². The molecular formula is C15H21F2N. The van der Waals surface area contributed by atoms with E-state index in [1.54, 1.807) is 0 Å². The molecular weight excluding hydrogens is 232 g/mol. The summed E-state index contributed by atoms with van der Waals surface area (Å²) < 4.78 is 26.5. The molecule has 0 spiro atoms. The summed E-state index contributed by atoms with van der Waals surface area (Å²) in [6, 6.07) is 3.91. The molecule has 1 N–H and O–H groups in total. The Balaban J connectivity index is 2.03. The van der Waals surface area contributed by atoms with Crippen molar-refractivity contribution >= 4 is 0 Å². The van der Waals surface area contributed by atoms with Crippen molar-refractivity contribution in [2.75, 3.05) is 6.54 Å². The molecule has 0 amide bonds. The first-order valence-electron chi connectivity index (χ1n) is 6.88. The minimum atomic E-state index is -0.486. The third kappa shape index (κ3) is 4.05. The van der Waals surface area contributed by atoms with Crippen molar-refractivity contribution in [1.82, 2.24) is 5.32 Å². The number of rotatable bonds is 7. The van der Waals surface area contributed by atoms with Gasteiger partial charge < -0.3 is 5.32 Å². The van der Waals surface area contributed by atoms with Gasteiger partial charge in [-0.05, 0) is 49.4 Å². The molecule has 0 heterocycles. The Bertz CT molecular complexity index is 368. The molecule has 0 saturated heterocycles. The van der Waals surface area contributed by atoms with Gasteiger partial charge in [0.2, 0.25) is 0 Å². The summed E-state index contributed by atoms with van der Waals surface area (Å²) >= 11 is 0. The molecule has 1 saturated carbocycles. The van der Waals surface area contributed by atoms with Gasteiger partial charge in [0.05, 0.1) is 0 Å². The van der Waals surface area contributed by atoms with Crippen molar-refractivity contribution in [3.63, 3.8) is 0 Å². The second kappa shape index (κ2) is 6.28. The fourth-order valence-corrected chi connectivity index (χ4v) is 2.29. The molecule has 3 heteroatoms. The molecule has 1 atom stereocenters. The highest BCUT2D eigenvalue weighted by Crippen LogP contribution is 2.36. The molecule has 0 aromatic heterocycles. The normalized spacial score (nSPS) is 16.8. The second-order valence-corrected chi connectivity index (χ2v) is 5.23. The summed E-state index contributed by atoms with van der Waals surface area (Å²) in [7, 11) is 0. The predicted octanol–water partition coefficient (Wildman–Crippen LogP) is 4.20. The molecule has 1 fully saturated rings. The monoisotopic (exact) mass is 253 g/mol. The Kier molecular flexibility index (Phi) is 4.70. The Hall–Kier alpha value is -0.960. The molecule has 2 rings (SSSR count). The van der Waals surface area contributed by atoms with Gasteiger partial charge in [-0.25, -0.2) is 8.78 Å². The Morgan fingerprint density at radius 2 is 1.89 bits per heavy atom. The highest BCUT2D eigenvalue weighted by atomic mass is 19.1. The van der Waals surface area contributed by atoms with Crippen LogP contribution in [0.5, 0.6) is 0 Å². The van der Waals surface area contributed by atoms with Gasteiger partial charge in [-0.3, -0.25) is 0 Å². The van der Waals surface area contributed by atoms with E-state index in [4.69, 9.17) is 0 Å². The van der Waals surface area contributed by atoms with E-state index < -0.39 is 11.6 Å². The third-order valence-corrected chi connectivity index (χ3v) is 3.49. The molecule has 100 valence electrons. The van der Waals surface area contributed by atoms with Crippen LogP contribution in [0.15, 0.2) is 18.2 Å². The fourth-order valence-electron chi connectivity index (χ4n) is 2.29. The maximum Gasteiger partial charge on any atom is 0.126 e. The standard InChI is InChI=1S/C15H21F2N/c1-2-7-18-15(6-5-11-3-4-11)12-8-13(16)10-14(17)9-12/h8-11,15,18H,2-7H2,1H3. The lowest BCUT2D eigenvalue weighted by Crippen LogP contribution is -2.22. The van der Waals surface area contributed by atoms with E-state index >= 15 is 0 Å². The lowest BCUT2D eigenvalue weighted by molar-refractivity contribution is 0.464. The lowest BCUT2D eigenvalue weighted by atomic mass is 10.00. The van der Waals surface area contributed by atoms with E-state index in [1.807, 2.05) is 0 Å². The van der Waals surface area contributed by atoms with Gasteiger partial charge in [0.25, 0.3) is 0 Å². The lowest BCUT2D eigenvalue weighted by Gasteiger charge is -2.19. The largest absolute Gasteiger partial charge is 0.310 e. The van der Waals surface area contributed by atoms with E-state index in [2.05, 4.69) is 12.2 Å². The average Bonchev–Trinajstić information content (AvgIpc) is 3.11. The van der Waals surface area contributed by atoms with Crippen LogP contribution >= 0.6 is 0 Å². The Morgan fingerprint density at radius 1 is 1.22 bits per heavy atom.